The SMILES string of the molecule is CCN(C)c1ccc(C(=O)Nc2ccc(I)cc2C)cc1. The average Bonchev–Trinajstić information content (AvgIpc) is 2.49. The van der Waals surface area contributed by atoms with E-state index in [4.69, 9.17) is 0 Å². The molecule has 2 aromatic rings. The van der Waals surface area contributed by atoms with Crippen LogP contribution >= 0.6 is 22.6 Å². The van der Waals surface area contributed by atoms with Gasteiger partial charge in [0.25, 0.3) is 5.91 Å². The van der Waals surface area contributed by atoms with E-state index in [1.54, 1.807) is 0 Å². The summed E-state index contributed by atoms with van der Waals surface area (Å²) in [6, 6.07) is 13.6. The van der Waals surface area contributed by atoms with Crippen molar-refractivity contribution < 1.29 is 4.79 Å². The molecule has 0 aliphatic carbocycles. The largest absolute Gasteiger partial charge is 0.375 e. The molecule has 3 nitrogen and oxygen atoms in total. The molecule has 0 fully saturated rings. The summed E-state index contributed by atoms with van der Waals surface area (Å²) in [4.78, 5) is 14.4. The Morgan fingerprint density at radius 1 is 1.19 bits per heavy atom. The summed E-state index contributed by atoms with van der Waals surface area (Å²) in [5, 5.41) is 2.96. The predicted molar refractivity (Wildman–Crippen MR) is 97.2 cm³/mol. The third-order valence-corrected chi connectivity index (χ3v) is 4.15. The summed E-state index contributed by atoms with van der Waals surface area (Å²) < 4.78 is 1.16. The van der Waals surface area contributed by atoms with Crippen LogP contribution in [0.1, 0.15) is 22.8 Å². The lowest BCUT2D eigenvalue weighted by Gasteiger charge is -2.17. The zero-order chi connectivity index (χ0) is 15.4. The van der Waals surface area contributed by atoms with Gasteiger partial charge in [-0.05, 0) is 84.5 Å². The van der Waals surface area contributed by atoms with Crippen LogP contribution in [0, 0.1) is 10.5 Å². The van der Waals surface area contributed by atoms with E-state index >= 15 is 0 Å². The summed E-state index contributed by atoms with van der Waals surface area (Å²) in [5.41, 5.74) is 3.70. The van der Waals surface area contributed by atoms with Gasteiger partial charge in [0.05, 0.1) is 0 Å². The molecule has 0 unspecified atom stereocenters. The highest BCUT2D eigenvalue weighted by Gasteiger charge is 2.08. The van der Waals surface area contributed by atoms with Gasteiger partial charge in [0.2, 0.25) is 0 Å². The van der Waals surface area contributed by atoms with Gasteiger partial charge in [-0.15, -0.1) is 0 Å². The van der Waals surface area contributed by atoms with E-state index in [0.717, 1.165) is 27.1 Å². The maximum atomic E-state index is 12.3. The van der Waals surface area contributed by atoms with Crippen LogP contribution in [0.15, 0.2) is 42.5 Å². The van der Waals surface area contributed by atoms with Gasteiger partial charge in [0, 0.05) is 34.1 Å². The number of hydrogen-bond donors (Lipinski definition) is 1. The second-order valence-corrected chi connectivity index (χ2v) is 6.22. The quantitative estimate of drug-likeness (QED) is 0.784. The Morgan fingerprint density at radius 2 is 1.86 bits per heavy atom. The first-order valence-corrected chi connectivity index (χ1v) is 7.98. The van der Waals surface area contributed by atoms with Crippen molar-refractivity contribution >= 4 is 39.9 Å². The lowest BCUT2D eigenvalue weighted by molar-refractivity contribution is 0.102. The molecular formula is C17H19IN2O. The number of nitrogens with zero attached hydrogens (tertiary/aromatic N) is 1. The smallest absolute Gasteiger partial charge is 0.255 e. The summed E-state index contributed by atoms with van der Waals surface area (Å²) in [6.45, 7) is 5.03. The molecule has 0 saturated carbocycles. The molecule has 0 bridgehead atoms. The summed E-state index contributed by atoms with van der Waals surface area (Å²) in [5.74, 6) is -0.0787. The first-order valence-electron chi connectivity index (χ1n) is 6.90. The number of amides is 1. The molecule has 21 heavy (non-hydrogen) atoms. The normalized spacial score (nSPS) is 10.3. The van der Waals surface area contributed by atoms with Crippen LogP contribution in [0.3, 0.4) is 0 Å². The van der Waals surface area contributed by atoms with Crippen LogP contribution < -0.4 is 10.2 Å². The summed E-state index contributed by atoms with van der Waals surface area (Å²) in [6.07, 6.45) is 0. The molecule has 110 valence electrons. The highest BCUT2D eigenvalue weighted by atomic mass is 127. The highest BCUT2D eigenvalue weighted by Crippen LogP contribution is 2.19. The molecule has 0 heterocycles. The molecule has 0 atom stereocenters. The molecule has 1 N–H and O–H groups in total. The van der Waals surface area contributed by atoms with Crippen LogP contribution in [-0.2, 0) is 0 Å². The fraction of sp³-hybridized carbons (Fsp3) is 0.235. The summed E-state index contributed by atoms with van der Waals surface area (Å²) in [7, 11) is 2.03. The topological polar surface area (TPSA) is 32.3 Å². The Hall–Kier alpha value is -1.56. The third kappa shape index (κ3) is 3.97. The zero-order valence-corrected chi connectivity index (χ0v) is 14.6. The van der Waals surface area contributed by atoms with Crippen molar-refractivity contribution in [3.8, 4) is 0 Å². The standard InChI is InChI=1S/C17H19IN2O/c1-4-20(3)15-8-5-13(6-9-15)17(21)19-16-10-7-14(18)11-12(16)2/h5-11H,4H2,1-3H3,(H,19,21). The average molecular weight is 394 g/mol. The van der Waals surface area contributed by atoms with Gasteiger partial charge in [0.15, 0.2) is 0 Å². The number of carbonyl (C=O) groups excluding carboxylic acids is 1. The molecule has 1 amide bonds. The van der Waals surface area contributed by atoms with Gasteiger partial charge in [-0.1, -0.05) is 0 Å². The molecule has 0 saturated heterocycles. The molecule has 2 aromatic carbocycles. The molecule has 0 aliphatic rings. The van der Waals surface area contributed by atoms with Crippen molar-refractivity contribution in [1.29, 1.82) is 0 Å². The first-order chi connectivity index (χ1) is 10.0. The van der Waals surface area contributed by atoms with E-state index < -0.39 is 0 Å². The van der Waals surface area contributed by atoms with Crippen LogP contribution in [0.25, 0.3) is 0 Å². The fourth-order valence-corrected chi connectivity index (χ4v) is 2.66. The number of rotatable bonds is 4. The minimum absolute atomic E-state index is 0.0787. The van der Waals surface area contributed by atoms with E-state index in [0.29, 0.717) is 5.56 Å². The minimum Gasteiger partial charge on any atom is -0.375 e. The second kappa shape index (κ2) is 6.93. The molecule has 4 heteroatoms. The number of benzene rings is 2. The Bertz CT molecular complexity index is 638. The van der Waals surface area contributed by atoms with Gasteiger partial charge in [0.1, 0.15) is 0 Å². The number of carbonyl (C=O) groups is 1. The highest BCUT2D eigenvalue weighted by molar-refractivity contribution is 14.1. The monoisotopic (exact) mass is 394 g/mol. The number of anilines is 2. The molecule has 0 spiro atoms. The van der Waals surface area contributed by atoms with Crippen molar-refractivity contribution in [2.24, 2.45) is 0 Å². The Morgan fingerprint density at radius 3 is 2.43 bits per heavy atom. The maximum Gasteiger partial charge on any atom is 0.255 e. The van der Waals surface area contributed by atoms with Gasteiger partial charge in [-0.25, -0.2) is 0 Å². The fourth-order valence-electron chi connectivity index (χ4n) is 2.01. The number of halogens is 1. The lowest BCUT2D eigenvalue weighted by Crippen LogP contribution is -2.16. The van der Waals surface area contributed by atoms with E-state index in [1.165, 1.54) is 0 Å². The third-order valence-electron chi connectivity index (χ3n) is 3.48. The van der Waals surface area contributed by atoms with Crippen LogP contribution in [-0.4, -0.2) is 19.5 Å². The summed E-state index contributed by atoms with van der Waals surface area (Å²) >= 11 is 2.26. The predicted octanol–water partition coefficient (Wildman–Crippen LogP) is 4.31. The Kier molecular flexibility index (Phi) is 5.22. The van der Waals surface area contributed by atoms with E-state index in [9.17, 15) is 4.79 Å². The number of aryl methyl sites for hydroxylation is 1. The molecular weight excluding hydrogens is 375 g/mol. The lowest BCUT2D eigenvalue weighted by atomic mass is 10.1. The first kappa shape index (κ1) is 15.8. The van der Waals surface area contributed by atoms with Crippen molar-refractivity contribution in [2.75, 3.05) is 23.8 Å². The van der Waals surface area contributed by atoms with Gasteiger partial charge in [-0.3, -0.25) is 4.79 Å². The molecule has 0 radical (unpaired) electrons. The maximum absolute atomic E-state index is 12.3. The van der Waals surface area contributed by atoms with Gasteiger partial charge >= 0.3 is 0 Å². The van der Waals surface area contributed by atoms with Crippen molar-refractivity contribution in [1.82, 2.24) is 0 Å². The number of nitrogens with one attached hydrogen (secondary N) is 1. The van der Waals surface area contributed by atoms with Gasteiger partial charge < -0.3 is 10.2 Å². The second-order valence-electron chi connectivity index (χ2n) is 4.97. The van der Waals surface area contributed by atoms with Crippen molar-refractivity contribution in [3.63, 3.8) is 0 Å². The van der Waals surface area contributed by atoms with E-state index in [2.05, 4.69) is 45.8 Å². The zero-order valence-electron chi connectivity index (χ0n) is 12.5. The van der Waals surface area contributed by atoms with Crippen molar-refractivity contribution in [2.45, 2.75) is 13.8 Å². The van der Waals surface area contributed by atoms with Crippen LogP contribution in [0.2, 0.25) is 0 Å². The minimum atomic E-state index is -0.0787. The molecule has 2 rings (SSSR count). The Balaban J connectivity index is 2.13. The van der Waals surface area contributed by atoms with E-state index in [1.807, 2.05) is 50.4 Å². The van der Waals surface area contributed by atoms with Crippen LogP contribution in [0.4, 0.5) is 11.4 Å². The number of hydrogen-bond acceptors (Lipinski definition) is 2. The van der Waals surface area contributed by atoms with Crippen molar-refractivity contribution in [3.05, 3.63) is 57.2 Å². The molecule has 0 aromatic heterocycles. The van der Waals surface area contributed by atoms with Gasteiger partial charge in [-0.2, -0.15) is 0 Å². The Labute approximate surface area is 139 Å². The molecule has 0 aliphatic heterocycles. The van der Waals surface area contributed by atoms with Crippen LogP contribution in [0.5, 0.6) is 0 Å². The van der Waals surface area contributed by atoms with E-state index in [-0.39, 0.29) is 5.91 Å².